The molecule has 3 heterocycles. The Labute approximate surface area is 161 Å². The van der Waals surface area contributed by atoms with Gasteiger partial charge in [0.05, 0.1) is 31.0 Å². The molecule has 0 bridgehead atoms. The van der Waals surface area contributed by atoms with Gasteiger partial charge in [-0.25, -0.2) is 0 Å². The van der Waals surface area contributed by atoms with Crippen LogP contribution in [0.4, 0.5) is 0 Å². The molecule has 0 radical (unpaired) electrons. The molecule has 1 fully saturated rings. The lowest BCUT2D eigenvalue weighted by Gasteiger charge is -2.24. The number of carbonyl (C=O) groups excluding carboxylic acids is 1. The molecule has 2 aromatic heterocycles. The van der Waals surface area contributed by atoms with E-state index in [1.807, 2.05) is 46.7 Å². The molecule has 8 heteroatoms. The fourth-order valence-corrected chi connectivity index (χ4v) is 4.03. The van der Waals surface area contributed by atoms with Crippen LogP contribution in [0.1, 0.15) is 18.4 Å². The van der Waals surface area contributed by atoms with Gasteiger partial charge in [0.15, 0.2) is 0 Å². The number of hydrogen-bond donors (Lipinski definition) is 0. The summed E-state index contributed by atoms with van der Waals surface area (Å²) in [6.45, 7) is 1.36. The minimum absolute atomic E-state index is 0.112. The number of amides is 1. The van der Waals surface area contributed by atoms with Gasteiger partial charge in [-0.15, -0.1) is 21.5 Å². The number of ether oxygens (including phenoxy) is 1. The van der Waals surface area contributed by atoms with Crippen LogP contribution in [0.2, 0.25) is 0 Å². The number of rotatable bonds is 6. The molecule has 140 valence electrons. The molecule has 1 saturated heterocycles. The predicted octanol–water partition coefficient (Wildman–Crippen LogP) is 2.64. The van der Waals surface area contributed by atoms with Crippen molar-refractivity contribution in [3.05, 3.63) is 47.3 Å². The van der Waals surface area contributed by atoms with Crippen molar-refractivity contribution in [2.75, 3.05) is 13.7 Å². The maximum absolute atomic E-state index is 12.8. The topological polar surface area (TPSA) is 73.1 Å². The summed E-state index contributed by atoms with van der Waals surface area (Å²) in [5.74, 6) is 1.57. The van der Waals surface area contributed by atoms with Gasteiger partial charge in [0.2, 0.25) is 11.7 Å². The number of methoxy groups -OCH3 is 1. The fourth-order valence-electron chi connectivity index (χ4n) is 3.39. The number of benzene rings is 1. The van der Waals surface area contributed by atoms with E-state index < -0.39 is 0 Å². The number of likely N-dealkylation sites (tertiary alicyclic amines) is 1. The minimum Gasteiger partial charge on any atom is -0.497 e. The highest BCUT2D eigenvalue weighted by Crippen LogP contribution is 2.22. The molecule has 1 amide bonds. The van der Waals surface area contributed by atoms with E-state index in [0.717, 1.165) is 35.6 Å². The maximum atomic E-state index is 12.8. The first-order chi connectivity index (χ1) is 13.2. The standard InChI is InChI=1S/C19H21N5O2S/c1-26-16-8-6-14(7-9-16)12-18(25)23-10-2-4-15(23)13-24-21-19(20-22-24)17-5-3-11-27-17/h3,5-9,11,15H,2,4,10,12-13H2,1H3/t15-/m0/s1. The molecule has 0 aliphatic carbocycles. The molecule has 1 aromatic carbocycles. The average molecular weight is 383 g/mol. The first-order valence-electron chi connectivity index (χ1n) is 8.97. The monoisotopic (exact) mass is 383 g/mol. The van der Waals surface area contributed by atoms with Crippen molar-refractivity contribution in [2.24, 2.45) is 0 Å². The Morgan fingerprint density at radius 1 is 1.30 bits per heavy atom. The summed E-state index contributed by atoms with van der Waals surface area (Å²) in [5.41, 5.74) is 0.991. The summed E-state index contributed by atoms with van der Waals surface area (Å²) in [6.07, 6.45) is 2.36. The highest BCUT2D eigenvalue weighted by Gasteiger charge is 2.29. The molecule has 0 N–H and O–H groups in total. The zero-order chi connectivity index (χ0) is 18.6. The van der Waals surface area contributed by atoms with Crippen molar-refractivity contribution in [3.8, 4) is 16.5 Å². The van der Waals surface area contributed by atoms with Crippen LogP contribution in [-0.4, -0.2) is 50.7 Å². The zero-order valence-electron chi connectivity index (χ0n) is 15.1. The van der Waals surface area contributed by atoms with E-state index in [0.29, 0.717) is 18.8 Å². The maximum Gasteiger partial charge on any atom is 0.227 e. The van der Waals surface area contributed by atoms with E-state index in [9.17, 15) is 4.79 Å². The normalized spacial score (nSPS) is 16.6. The molecule has 0 unspecified atom stereocenters. The van der Waals surface area contributed by atoms with Crippen molar-refractivity contribution >= 4 is 17.2 Å². The van der Waals surface area contributed by atoms with E-state index in [4.69, 9.17) is 4.74 Å². The predicted molar refractivity (Wildman–Crippen MR) is 103 cm³/mol. The van der Waals surface area contributed by atoms with Gasteiger partial charge in [-0.2, -0.15) is 4.80 Å². The number of thiophene rings is 1. The second kappa shape index (κ2) is 7.87. The van der Waals surface area contributed by atoms with Gasteiger partial charge in [0, 0.05) is 6.54 Å². The first-order valence-corrected chi connectivity index (χ1v) is 9.85. The molecule has 0 spiro atoms. The third-order valence-corrected chi connectivity index (χ3v) is 5.65. The van der Waals surface area contributed by atoms with Crippen molar-refractivity contribution < 1.29 is 9.53 Å². The van der Waals surface area contributed by atoms with Crippen LogP contribution in [-0.2, 0) is 17.8 Å². The largest absolute Gasteiger partial charge is 0.497 e. The Kier molecular flexibility index (Phi) is 5.15. The molecule has 1 atom stereocenters. The number of tetrazole rings is 1. The molecule has 3 aromatic rings. The third kappa shape index (κ3) is 4.00. The Morgan fingerprint density at radius 3 is 2.89 bits per heavy atom. The van der Waals surface area contributed by atoms with E-state index in [2.05, 4.69) is 15.4 Å². The number of aromatic nitrogens is 4. The van der Waals surface area contributed by atoms with Gasteiger partial charge in [0.1, 0.15) is 5.75 Å². The van der Waals surface area contributed by atoms with Crippen molar-refractivity contribution in [1.82, 2.24) is 25.1 Å². The molecule has 1 aliphatic heterocycles. The molecule has 1 aliphatic rings. The van der Waals surface area contributed by atoms with Gasteiger partial charge in [-0.3, -0.25) is 4.79 Å². The van der Waals surface area contributed by atoms with E-state index in [1.54, 1.807) is 23.2 Å². The van der Waals surface area contributed by atoms with E-state index in [1.165, 1.54) is 0 Å². The van der Waals surface area contributed by atoms with Crippen molar-refractivity contribution in [1.29, 1.82) is 0 Å². The summed E-state index contributed by atoms with van der Waals surface area (Å²) in [7, 11) is 1.64. The Balaban J connectivity index is 1.40. The number of carbonyl (C=O) groups is 1. The summed E-state index contributed by atoms with van der Waals surface area (Å²) < 4.78 is 5.17. The summed E-state index contributed by atoms with van der Waals surface area (Å²) in [5, 5.41) is 14.8. The highest BCUT2D eigenvalue weighted by atomic mass is 32.1. The lowest BCUT2D eigenvalue weighted by molar-refractivity contribution is -0.131. The van der Waals surface area contributed by atoms with Gasteiger partial charge < -0.3 is 9.64 Å². The number of nitrogens with zero attached hydrogens (tertiary/aromatic N) is 5. The van der Waals surface area contributed by atoms with Crippen LogP contribution < -0.4 is 4.74 Å². The zero-order valence-corrected chi connectivity index (χ0v) is 15.9. The van der Waals surface area contributed by atoms with Gasteiger partial charge in [0.25, 0.3) is 0 Å². The molecular formula is C19H21N5O2S. The highest BCUT2D eigenvalue weighted by molar-refractivity contribution is 7.13. The van der Waals surface area contributed by atoms with Crippen molar-refractivity contribution in [3.63, 3.8) is 0 Å². The molecule has 27 heavy (non-hydrogen) atoms. The lowest BCUT2D eigenvalue weighted by atomic mass is 10.1. The summed E-state index contributed by atoms with van der Waals surface area (Å²) >= 11 is 1.59. The summed E-state index contributed by atoms with van der Waals surface area (Å²) in [6, 6.07) is 11.7. The van der Waals surface area contributed by atoms with Crippen LogP contribution in [0.15, 0.2) is 41.8 Å². The smallest absolute Gasteiger partial charge is 0.227 e. The molecule has 7 nitrogen and oxygen atoms in total. The molecule has 0 saturated carbocycles. The van der Waals surface area contributed by atoms with Crippen LogP contribution in [0.3, 0.4) is 0 Å². The molecular weight excluding hydrogens is 362 g/mol. The van der Waals surface area contributed by atoms with Crippen LogP contribution in [0.25, 0.3) is 10.7 Å². The second-order valence-electron chi connectivity index (χ2n) is 6.55. The lowest BCUT2D eigenvalue weighted by Crippen LogP contribution is -2.39. The van der Waals surface area contributed by atoms with Crippen LogP contribution >= 0.6 is 11.3 Å². The average Bonchev–Trinajstić information content (AvgIpc) is 3.44. The van der Waals surface area contributed by atoms with Gasteiger partial charge in [-0.05, 0) is 47.2 Å². The quantitative estimate of drug-likeness (QED) is 0.654. The third-order valence-electron chi connectivity index (χ3n) is 4.78. The van der Waals surface area contributed by atoms with E-state index >= 15 is 0 Å². The van der Waals surface area contributed by atoms with Gasteiger partial charge in [-0.1, -0.05) is 18.2 Å². The van der Waals surface area contributed by atoms with Crippen molar-refractivity contribution in [2.45, 2.75) is 31.8 Å². The fraction of sp³-hybridized carbons (Fsp3) is 0.368. The molecule has 4 rings (SSSR count). The Morgan fingerprint density at radius 2 is 2.15 bits per heavy atom. The second-order valence-corrected chi connectivity index (χ2v) is 7.50. The minimum atomic E-state index is 0.112. The Hall–Kier alpha value is -2.74. The van der Waals surface area contributed by atoms with Gasteiger partial charge >= 0.3 is 0 Å². The first kappa shape index (κ1) is 17.7. The Bertz CT molecular complexity index is 891. The number of hydrogen-bond acceptors (Lipinski definition) is 6. The van der Waals surface area contributed by atoms with E-state index in [-0.39, 0.29) is 11.9 Å². The SMILES string of the molecule is COc1ccc(CC(=O)N2CCC[C@H]2Cn2nnc(-c3cccs3)n2)cc1. The summed E-state index contributed by atoms with van der Waals surface area (Å²) in [4.78, 5) is 17.4. The van der Waals surface area contributed by atoms with Crippen LogP contribution in [0.5, 0.6) is 5.75 Å². The van der Waals surface area contributed by atoms with Crippen LogP contribution in [0, 0.1) is 0 Å².